The van der Waals surface area contributed by atoms with E-state index in [4.69, 9.17) is 16.0 Å². The lowest BCUT2D eigenvalue weighted by Crippen LogP contribution is -2.36. The molecule has 0 spiro atoms. The number of carbonyl (C=O) groups excluding carboxylic acids is 1. The summed E-state index contributed by atoms with van der Waals surface area (Å²) in [5.41, 5.74) is 1.51. The van der Waals surface area contributed by atoms with E-state index in [1.54, 1.807) is 18.4 Å². The first-order valence-electron chi connectivity index (χ1n) is 8.55. The Hall–Kier alpha value is -1.81. The van der Waals surface area contributed by atoms with Crippen LogP contribution in [0, 0.1) is 5.92 Å². The second-order valence-electron chi connectivity index (χ2n) is 5.94. The molecule has 1 aromatic carbocycles. The van der Waals surface area contributed by atoms with E-state index >= 15 is 0 Å². The molecule has 0 aliphatic rings. The number of hydrogen-bond acceptors (Lipinski definition) is 3. The minimum absolute atomic E-state index is 0.0976. The maximum absolute atomic E-state index is 12.5. The first-order chi connectivity index (χ1) is 11.6. The molecule has 0 atom stereocenters. The molecule has 130 valence electrons. The Morgan fingerprint density at radius 3 is 2.46 bits per heavy atom. The number of carbonyl (C=O) groups is 1. The van der Waals surface area contributed by atoms with Crippen LogP contribution in [-0.2, 0) is 11.2 Å². The van der Waals surface area contributed by atoms with Gasteiger partial charge in [0.2, 0.25) is 11.8 Å². The molecule has 0 saturated heterocycles. The van der Waals surface area contributed by atoms with E-state index in [1.165, 1.54) is 0 Å². The fourth-order valence-electron chi connectivity index (χ4n) is 2.65. The summed E-state index contributed by atoms with van der Waals surface area (Å²) in [6, 6.07) is 7.29. The first-order valence-corrected chi connectivity index (χ1v) is 8.93. The van der Waals surface area contributed by atoms with Crippen LogP contribution < -0.4 is 0 Å². The normalized spacial score (nSPS) is 11.0. The van der Waals surface area contributed by atoms with Crippen LogP contribution in [0.2, 0.25) is 5.02 Å². The molecule has 0 unspecified atom stereocenters. The van der Waals surface area contributed by atoms with Crippen molar-refractivity contribution >= 4 is 17.5 Å². The molecule has 0 aliphatic carbocycles. The minimum atomic E-state index is 0.0976. The molecular weight excluding hydrogens is 324 g/mol. The summed E-state index contributed by atoms with van der Waals surface area (Å²) in [5.74, 6) is 1.16. The molecule has 2 aromatic rings. The van der Waals surface area contributed by atoms with Gasteiger partial charge in [0.15, 0.2) is 0 Å². The van der Waals surface area contributed by atoms with E-state index in [0.29, 0.717) is 22.5 Å². The standard InChI is InChI=1S/C19H25ClN2O2/c1-4-14(5-2)12-22(6-3)18(23)11-17-13-24-19(21-17)15-7-9-16(20)10-8-15/h7-10,13-14H,4-6,11-12H2,1-3H3. The molecule has 2 rings (SSSR count). The van der Waals surface area contributed by atoms with Gasteiger partial charge >= 0.3 is 0 Å². The maximum Gasteiger partial charge on any atom is 0.228 e. The van der Waals surface area contributed by atoms with Crippen molar-refractivity contribution in [1.29, 1.82) is 0 Å². The van der Waals surface area contributed by atoms with Crippen LogP contribution in [0.25, 0.3) is 11.5 Å². The van der Waals surface area contributed by atoms with Gasteiger partial charge in [-0.15, -0.1) is 0 Å². The zero-order valence-corrected chi connectivity index (χ0v) is 15.3. The van der Waals surface area contributed by atoms with Gasteiger partial charge in [0.05, 0.1) is 12.1 Å². The average Bonchev–Trinajstić information content (AvgIpc) is 3.05. The Kier molecular flexibility index (Phi) is 6.85. The van der Waals surface area contributed by atoms with Crippen LogP contribution >= 0.6 is 11.6 Å². The number of aromatic nitrogens is 1. The largest absolute Gasteiger partial charge is 0.444 e. The van der Waals surface area contributed by atoms with Crippen LogP contribution in [0.1, 0.15) is 39.3 Å². The van der Waals surface area contributed by atoms with Crippen LogP contribution in [0.5, 0.6) is 0 Å². The number of amides is 1. The molecule has 5 heteroatoms. The lowest BCUT2D eigenvalue weighted by Gasteiger charge is -2.25. The third kappa shape index (κ3) is 4.84. The number of halogens is 1. The number of benzene rings is 1. The van der Waals surface area contributed by atoms with Crippen molar-refractivity contribution in [3.63, 3.8) is 0 Å². The van der Waals surface area contributed by atoms with Crippen LogP contribution in [0.4, 0.5) is 0 Å². The van der Waals surface area contributed by atoms with Gasteiger partial charge in [0.25, 0.3) is 0 Å². The summed E-state index contributed by atoms with van der Waals surface area (Å²) in [6.45, 7) is 7.88. The molecule has 0 N–H and O–H groups in total. The number of rotatable bonds is 8. The third-order valence-electron chi connectivity index (χ3n) is 4.34. The van der Waals surface area contributed by atoms with Crippen molar-refractivity contribution in [3.8, 4) is 11.5 Å². The molecule has 24 heavy (non-hydrogen) atoms. The van der Waals surface area contributed by atoms with Crippen molar-refractivity contribution in [2.45, 2.75) is 40.0 Å². The Morgan fingerprint density at radius 1 is 1.21 bits per heavy atom. The zero-order chi connectivity index (χ0) is 17.5. The lowest BCUT2D eigenvalue weighted by atomic mass is 10.0. The lowest BCUT2D eigenvalue weighted by molar-refractivity contribution is -0.131. The number of hydrogen-bond donors (Lipinski definition) is 0. The molecular formula is C19H25ClN2O2. The van der Waals surface area contributed by atoms with Crippen molar-refractivity contribution < 1.29 is 9.21 Å². The Labute approximate surface area is 148 Å². The van der Waals surface area contributed by atoms with Crippen LogP contribution in [-0.4, -0.2) is 28.9 Å². The Morgan fingerprint density at radius 2 is 1.88 bits per heavy atom. The number of oxazole rings is 1. The highest BCUT2D eigenvalue weighted by Crippen LogP contribution is 2.21. The predicted molar refractivity (Wildman–Crippen MR) is 97.0 cm³/mol. The van der Waals surface area contributed by atoms with Gasteiger partial charge in [-0.25, -0.2) is 4.98 Å². The molecule has 0 aliphatic heterocycles. The van der Waals surface area contributed by atoms with Gasteiger partial charge in [0.1, 0.15) is 6.26 Å². The van der Waals surface area contributed by atoms with E-state index in [9.17, 15) is 4.79 Å². The van der Waals surface area contributed by atoms with E-state index < -0.39 is 0 Å². The number of likely N-dealkylation sites (N-methyl/N-ethyl adjacent to an activating group) is 1. The fraction of sp³-hybridized carbons (Fsp3) is 0.474. The highest BCUT2D eigenvalue weighted by molar-refractivity contribution is 6.30. The molecule has 4 nitrogen and oxygen atoms in total. The van der Waals surface area contributed by atoms with Crippen molar-refractivity contribution in [2.75, 3.05) is 13.1 Å². The molecule has 0 saturated carbocycles. The van der Waals surface area contributed by atoms with E-state index in [-0.39, 0.29) is 12.3 Å². The molecule has 0 radical (unpaired) electrons. The van der Waals surface area contributed by atoms with Crippen molar-refractivity contribution in [1.82, 2.24) is 9.88 Å². The van der Waals surface area contributed by atoms with Gasteiger partial charge in [-0.05, 0) is 37.1 Å². The smallest absolute Gasteiger partial charge is 0.228 e. The van der Waals surface area contributed by atoms with Gasteiger partial charge in [0, 0.05) is 23.7 Å². The van der Waals surface area contributed by atoms with Gasteiger partial charge in [-0.2, -0.15) is 0 Å². The van der Waals surface area contributed by atoms with Gasteiger partial charge < -0.3 is 9.32 Å². The van der Waals surface area contributed by atoms with Crippen molar-refractivity contribution in [2.24, 2.45) is 5.92 Å². The summed E-state index contributed by atoms with van der Waals surface area (Å²) in [5, 5.41) is 0.667. The summed E-state index contributed by atoms with van der Waals surface area (Å²) in [6.07, 6.45) is 4.01. The minimum Gasteiger partial charge on any atom is -0.444 e. The quantitative estimate of drug-likeness (QED) is 0.686. The molecule has 0 fully saturated rings. The highest BCUT2D eigenvalue weighted by atomic mass is 35.5. The van der Waals surface area contributed by atoms with Gasteiger partial charge in [-0.3, -0.25) is 4.79 Å². The molecule has 1 heterocycles. The van der Waals surface area contributed by atoms with E-state index in [2.05, 4.69) is 18.8 Å². The van der Waals surface area contributed by atoms with E-state index in [1.807, 2.05) is 24.0 Å². The fourth-order valence-corrected chi connectivity index (χ4v) is 2.77. The third-order valence-corrected chi connectivity index (χ3v) is 4.59. The topological polar surface area (TPSA) is 46.3 Å². The molecule has 1 amide bonds. The summed E-state index contributed by atoms with van der Waals surface area (Å²) in [7, 11) is 0. The van der Waals surface area contributed by atoms with Crippen molar-refractivity contribution in [3.05, 3.63) is 41.2 Å². The Balaban J connectivity index is 2.02. The Bertz CT molecular complexity index is 648. The summed E-state index contributed by atoms with van der Waals surface area (Å²) >= 11 is 5.89. The van der Waals surface area contributed by atoms with Crippen LogP contribution in [0.3, 0.4) is 0 Å². The van der Waals surface area contributed by atoms with E-state index in [0.717, 1.165) is 31.5 Å². The zero-order valence-electron chi connectivity index (χ0n) is 14.6. The maximum atomic E-state index is 12.5. The second-order valence-corrected chi connectivity index (χ2v) is 6.38. The number of nitrogens with zero attached hydrogens (tertiary/aromatic N) is 2. The first kappa shape index (κ1) is 18.5. The summed E-state index contributed by atoms with van der Waals surface area (Å²) in [4.78, 5) is 18.9. The van der Waals surface area contributed by atoms with Gasteiger partial charge in [-0.1, -0.05) is 38.3 Å². The predicted octanol–water partition coefficient (Wildman–Crippen LogP) is 4.82. The molecule has 1 aromatic heterocycles. The average molecular weight is 349 g/mol. The summed E-state index contributed by atoms with van der Waals surface area (Å²) < 4.78 is 5.50. The molecule has 0 bridgehead atoms. The highest BCUT2D eigenvalue weighted by Gasteiger charge is 2.18. The SMILES string of the molecule is CCC(CC)CN(CC)C(=O)Cc1coc(-c2ccc(Cl)cc2)n1. The van der Waals surface area contributed by atoms with Crippen LogP contribution in [0.15, 0.2) is 34.9 Å². The monoisotopic (exact) mass is 348 g/mol. The second kappa shape index (κ2) is 8.88.